The van der Waals surface area contributed by atoms with Gasteiger partial charge in [0.2, 0.25) is 0 Å². The number of carbonyl (C=O) groups is 2. The number of benzene rings is 1. The second-order valence-electron chi connectivity index (χ2n) is 9.48. The van der Waals surface area contributed by atoms with E-state index in [4.69, 9.17) is 9.26 Å². The Hall–Kier alpha value is -2.71. The van der Waals surface area contributed by atoms with Gasteiger partial charge in [0, 0.05) is 18.4 Å². The minimum Gasteiger partial charge on any atom is -0.454 e. The molecule has 0 spiro atoms. The third-order valence-corrected chi connectivity index (χ3v) is 6.80. The molecule has 2 aliphatic rings. The van der Waals surface area contributed by atoms with Gasteiger partial charge in [-0.3, -0.25) is 4.79 Å². The van der Waals surface area contributed by atoms with E-state index in [0.717, 1.165) is 25.7 Å². The Kier molecular flexibility index (Phi) is 6.35. The van der Waals surface area contributed by atoms with E-state index in [1.54, 1.807) is 25.1 Å². The van der Waals surface area contributed by atoms with E-state index < -0.39 is 11.6 Å². The Morgan fingerprint density at radius 3 is 2.62 bits per heavy atom. The molecule has 2 heterocycles. The van der Waals surface area contributed by atoms with Crippen molar-refractivity contribution in [3.05, 3.63) is 47.7 Å². The zero-order valence-corrected chi connectivity index (χ0v) is 18.8. The zero-order chi connectivity index (χ0) is 22.8. The van der Waals surface area contributed by atoms with Crippen LogP contribution in [0.15, 0.2) is 40.9 Å². The maximum absolute atomic E-state index is 13.3. The highest BCUT2D eigenvalue weighted by Gasteiger charge is 2.50. The average molecular weight is 443 g/mol. The Morgan fingerprint density at radius 2 is 1.97 bits per heavy atom. The first kappa shape index (κ1) is 22.5. The number of hydrogen-bond donors (Lipinski definition) is 2. The van der Waals surface area contributed by atoms with E-state index in [9.17, 15) is 14.7 Å². The number of amides is 1. The third kappa shape index (κ3) is 4.71. The number of nitrogens with one attached hydrogen (secondary N) is 1. The lowest BCUT2D eigenvalue weighted by atomic mass is 9.80. The van der Waals surface area contributed by atoms with Gasteiger partial charge in [0.1, 0.15) is 12.3 Å². The molecule has 0 radical (unpaired) electrons. The molecule has 32 heavy (non-hydrogen) atoms. The maximum Gasteiger partial charge on any atom is 0.343 e. The number of rotatable bonds is 7. The zero-order valence-electron chi connectivity index (χ0n) is 18.8. The van der Waals surface area contributed by atoms with Gasteiger partial charge in [-0.15, -0.1) is 0 Å². The van der Waals surface area contributed by atoms with Gasteiger partial charge in [0.25, 0.3) is 5.91 Å². The van der Waals surface area contributed by atoms with Crippen molar-refractivity contribution in [3.8, 4) is 0 Å². The number of carbonyl (C=O) groups excluding carboxylic acids is 2. The Labute approximate surface area is 188 Å². The molecule has 1 aromatic carbocycles. The number of aromatic nitrogens is 1. The molecule has 2 fully saturated rings. The fraction of sp³-hybridized carbons (Fsp3) is 0.542. The number of quaternary nitrogens is 1. The molecule has 8 nitrogen and oxygen atoms in total. The number of aliphatic hydroxyl groups is 1. The van der Waals surface area contributed by atoms with Crippen LogP contribution in [0.25, 0.3) is 0 Å². The molecule has 1 aliphatic heterocycles. The summed E-state index contributed by atoms with van der Waals surface area (Å²) in [6, 6.07) is 10.8. The maximum atomic E-state index is 13.3. The van der Waals surface area contributed by atoms with E-state index in [0.29, 0.717) is 41.1 Å². The van der Waals surface area contributed by atoms with Crippen molar-refractivity contribution < 1.29 is 28.4 Å². The van der Waals surface area contributed by atoms with Crippen LogP contribution in [-0.4, -0.2) is 59.4 Å². The minimum atomic E-state index is -1.63. The van der Waals surface area contributed by atoms with Crippen molar-refractivity contribution in [1.29, 1.82) is 0 Å². The van der Waals surface area contributed by atoms with Crippen LogP contribution in [0.1, 0.15) is 43.4 Å². The van der Waals surface area contributed by atoms with Gasteiger partial charge < -0.3 is 24.2 Å². The monoisotopic (exact) mass is 442 g/mol. The highest BCUT2D eigenvalue weighted by Crippen LogP contribution is 2.42. The number of hydrogen-bond acceptors (Lipinski definition) is 6. The molecular weight excluding hydrogens is 410 g/mol. The number of anilines is 1. The fourth-order valence-corrected chi connectivity index (χ4v) is 5.12. The summed E-state index contributed by atoms with van der Waals surface area (Å²) in [7, 11) is 1.97. The highest BCUT2D eigenvalue weighted by molar-refractivity contribution is 5.90. The van der Waals surface area contributed by atoms with Gasteiger partial charge in [-0.1, -0.05) is 48.3 Å². The lowest BCUT2D eigenvalue weighted by Crippen LogP contribution is -2.49. The van der Waals surface area contributed by atoms with Crippen LogP contribution in [0.5, 0.6) is 0 Å². The van der Waals surface area contributed by atoms with Crippen LogP contribution in [-0.2, 0) is 19.9 Å². The molecule has 0 bridgehead atoms. The van der Waals surface area contributed by atoms with Gasteiger partial charge in [-0.25, -0.2) is 4.79 Å². The van der Waals surface area contributed by atoms with Gasteiger partial charge in [0.05, 0.1) is 13.6 Å². The van der Waals surface area contributed by atoms with Crippen molar-refractivity contribution >= 4 is 17.7 Å². The van der Waals surface area contributed by atoms with Crippen LogP contribution in [0.4, 0.5) is 5.82 Å². The van der Waals surface area contributed by atoms with Gasteiger partial charge in [-0.2, -0.15) is 0 Å². The minimum absolute atomic E-state index is 0.142. The summed E-state index contributed by atoms with van der Waals surface area (Å²) in [5.74, 6) is 0.139. The SMILES string of the molecule is Cc1cc(NC(=O)C[N+]2(C)CCC(OC(=O)C(O)(c3ccccc3)C3CCCC3)C2)no1. The van der Waals surface area contributed by atoms with Gasteiger partial charge >= 0.3 is 5.97 Å². The van der Waals surface area contributed by atoms with Gasteiger partial charge in [-0.05, 0) is 25.3 Å². The van der Waals surface area contributed by atoms with Crippen LogP contribution in [0.2, 0.25) is 0 Å². The predicted molar refractivity (Wildman–Crippen MR) is 117 cm³/mol. The van der Waals surface area contributed by atoms with Crippen molar-refractivity contribution in [2.45, 2.75) is 50.7 Å². The van der Waals surface area contributed by atoms with E-state index in [2.05, 4.69) is 10.5 Å². The molecular formula is C24H32N3O5+. The summed E-state index contributed by atoms with van der Waals surface area (Å²) >= 11 is 0. The molecule has 1 saturated heterocycles. The van der Waals surface area contributed by atoms with Crippen LogP contribution >= 0.6 is 0 Å². The average Bonchev–Trinajstić information content (AvgIpc) is 3.50. The smallest absolute Gasteiger partial charge is 0.343 e. The molecule has 3 unspecified atom stereocenters. The second-order valence-corrected chi connectivity index (χ2v) is 9.48. The number of esters is 1. The van der Waals surface area contributed by atoms with Crippen LogP contribution < -0.4 is 5.32 Å². The Morgan fingerprint density at radius 1 is 1.25 bits per heavy atom. The summed E-state index contributed by atoms with van der Waals surface area (Å²) in [5, 5.41) is 18.1. The number of aryl methyl sites for hydroxylation is 1. The standard InChI is InChI=1S/C24H31N3O5/c1-17-14-21(26-32-17)25-22(28)16-27(2)13-12-20(15-27)31-23(29)24(30,19-10-6-7-11-19)18-8-4-3-5-9-18/h3-5,8-9,14,19-20,30H,6-7,10-13,15-16H2,1-2H3/p+1. The second kappa shape index (κ2) is 9.03. The molecule has 1 aromatic heterocycles. The summed E-state index contributed by atoms with van der Waals surface area (Å²) in [4.78, 5) is 25.8. The highest BCUT2D eigenvalue weighted by atomic mass is 16.6. The largest absolute Gasteiger partial charge is 0.454 e. The van der Waals surface area contributed by atoms with Crippen molar-refractivity contribution in [2.75, 3.05) is 32.0 Å². The van der Waals surface area contributed by atoms with E-state index in [1.807, 2.05) is 25.2 Å². The first-order valence-corrected chi connectivity index (χ1v) is 11.3. The van der Waals surface area contributed by atoms with Crippen LogP contribution in [0, 0.1) is 12.8 Å². The number of likely N-dealkylation sites (N-methyl/N-ethyl adjacent to an activating group) is 1. The quantitative estimate of drug-likeness (QED) is 0.505. The Balaban J connectivity index is 1.40. The van der Waals surface area contributed by atoms with Crippen molar-refractivity contribution in [1.82, 2.24) is 5.16 Å². The molecule has 2 N–H and O–H groups in total. The molecule has 1 aliphatic carbocycles. The molecule has 8 heteroatoms. The van der Waals surface area contributed by atoms with E-state index >= 15 is 0 Å². The lowest BCUT2D eigenvalue weighted by molar-refractivity contribution is -0.890. The molecule has 172 valence electrons. The lowest BCUT2D eigenvalue weighted by Gasteiger charge is -2.33. The summed E-state index contributed by atoms with van der Waals surface area (Å²) < 4.78 is 11.3. The topological polar surface area (TPSA) is 102 Å². The summed E-state index contributed by atoms with van der Waals surface area (Å²) in [5.41, 5.74) is -1.04. The molecule has 1 saturated carbocycles. The third-order valence-electron chi connectivity index (χ3n) is 6.80. The number of ether oxygens (including phenoxy) is 1. The summed E-state index contributed by atoms with van der Waals surface area (Å²) in [6.07, 6.45) is 3.93. The first-order valence-electron chi connectivity index (χ1n) is 11.3. The molecule has 2 aromatic rings. The molecule has 1 amide bonds. The summed E-state index contributed by atoms with van der Waals surface area (Å²) in [6.45, 7) is 3.23. The van der Waals surface area contributed by atoms with E-state index in [1.165, 1.54) is 0 Å². The Bertz CT molecular complexity index is 956. The van der Waals surface area contributed by atoms with Crippen LogP contribution in [0.3, 0.4) is 0 Å². The fourth-order valence-electron chi connectivity index (χ4n) is 5.12. The van der Waals surface area contributed by atoms with Crippen molar-refractivity contribution in [2.24, 2.45) is 5.92 Å². The number of nitrogens with zero attached hydrogens (tertiary/aromatic N) is 2. The molecule has 3 atom stereocenters. The van der Waals surface area contributed by atoms with Crippen molar-refractivity contribution in [3.63, 3.8) is 0 Å². The normalized spacial score (nSPS) is 25.4. The van der Waals surface area contributed by atoms with Gasteiger partial charge in [0.15, 0.2) is 24.1 Å². The number of likely N-dealkylation sites (tertiary alicyclic amines) is 1. The first-order chi connectivity index (χ1) is 15.3. The molecule has 4 rings (SSSR count). The van der Waals surface area contributed by atoms with E-state index in [-0.39, 0.29) is 24.5 Å². The predicted octanol–water partition coefficient (Wildman–Crippen LogP) is 2.76.